The monoisotopic (exact) mass is 369 g/mol. The SMILES string of the molecule is CC(C)OC(=O)c1cc(Oc2ccc(Cl)cc2Cl)ccc1[N+](=O)[O-]. The van der Waals surface area contributed by atoms with Crippen LogP contribution in [0.3, 0.4) is 0 Å². The van der Waals surface area contributed by atoms with Crippen LogP contribution >= 0.6 is 23.2 Å². The lowest BCUT2D eigenvalue weighted by molar-refractivity contribution is -0.385. The second-order valence-electron chi connectivity index (χ2n) is 5.07. The summed E-state index contributed by atoms with van der Waals surface area (Å²) in [6.07, 6.45) is -0.410. The number of nitro groups is 1. The number of nitro benzene ring substituents is 1. The van der Waals surface area contributed by atoms with Crippen molar-refractivity contribution in [2.45, 2.75) is 20.0 Å². The van der Waals surface area contributed by atoms with Crippen molar-refractivity contribution in [1.82, 2.24) is 0 Å². The average molecular weight is 370 g/mol. The summed E-state index contributed by atoms with van der Waals surface area (Å²) < 4.78 is 10.6. The molecule has 0 saturated carbocycles. The topological polar surface area (TPSA) is 78.7 Å². The number of carbonyl (C=O) groups is 1. The Kier molecular flexibility index (Phi) is 5.64. The molecule has 0 aliphatic carbocycles. The van der Waals surface area contributed by atoms with Crippen LogP contribution in [0, 0.1) is 10.1 Å². The molecule has 0 fully saturated rings. The molecular formula is C16H13Cl2NO5. The predicted molar refractivity (Wildman–Crippen MR) is 90.2 cm³/mol. The third-order valence-corrected chi connectivity index (χ3v) is 3.38. The molecule has 0 unspecified atom stereocenters. The lowest BCUT2D eigenvalue weighted by Gasteiger charge is -2.11. The van der Waals surface area contributed by atoms with Crippen LogP contribution in [0.1, 0.15) is 24.2 Å². The third kappa shape index (κ3) is 4.37. The van der Waals surface area contributed by atoms with Gasteiger partial charge >= 0.3 is 5.97 Å². The van der Waals surface area contributed by atoms with E-state index in [4.69, 9.17) is 32.7 Å². The van der Waals surface area contributed by atoms with Crippen molar-refractivity contribution in [2.24, 2.45) is 0 Å². The van der Waals surface area contributed by atoms with Gasteiger partial charge in [0.25, 0.3) is 5.69 Å². The molecule has 0 bridgehead atoms. The number of benzene rings is 2. The maximum absolute atomic E-state index is 12.1. The van der Waals surface area contributed by atoms with E-state index in [0.717, 1.165) is 0 Å². The van der Waals surface area contributed by atoms with Gasteiger partial charge in [0.05, 0.1) is 16.0 Å². The first-order valence-corrected chi connectivity index (χ1v) is 7.66. The van der Waals surface area contributed by atoms with Gasteiger partial charge in [-0.1, -0.05) is 23.2 Å². The third-order valence-electron chi connectivity index (χ3n) is 2.85. The number of rotatable bonds is 5. The molecule has 24 heavy (non-hydrogen) atoms. The van der Waals surface area contributed by atoms with Gasteiger partial charge in [-0.25, -0.2) is 4.79 Å². The minimum atomic E-state index is -0.802. The van der Waals surface area contributed by atoms with E-state index < -0.39 is 17.0 Å². The minimum absolute atomic E-state index is 0.198. The standard InChI is InChI=1S/C16H13Cl2NO5/c1-9(2)23-16(20)12-8-11(4-5-14(12)19(21)22)24-15-6-3-10(17)7-13(15)18/h3-9H,1-2H3. The van der Waals surface area contributed by atoms with Gasteiger partial charge in [0.15, 0.2) is 0 Å². The lowest BCUT2D eigenvalue weighted by atomic mass is 10.1. The molecule has 0 aliphatic heterocycles. The molecule has 0 aromatic heterocycles. The second kappa shape index (κ2) is 7.51. The summed E-state index contributed by atoms with van der Waals surface area (Å²) in [6.45, 7) is 3.30. The first-order valence-electron chi connectivity index (χ1n) is 6.90. The summed E-state index contributed by atoms with van der Waals surface area (Å²) in [5.74, 6) is -0.289. The zero-order valence-electron chi connectivity index (χ0n) is 12.8. The molecule has 0 aliphatic rings. The second-order valence-corrected chi connectivity index (χ2v) is 5.91. The molecule has 126 valence electrons. The largest absolute Gasteiger partial charge is 0.459 e. The fourth-order valence-corrected chi connectivity index (χ4v) is 2.31. The van der Waals surface area contributed by atoms with Gasteiger partial charge in [-0.15, -0.1) is 0 Å². The fraction of sp³-hybridized carbons (Fsp3) is 0.188. The van der Waals surface area contributed by atoms with Crippen LogP contribution in [-0.4, -0.2) is 17.0 Å². The van der Waals surface area contributed by atoms with Crippen LogP contribution in [0.25, 0.3) is 0 Å². The van der Waals surface area contributed by atoms with Crippen LogP contribution in [0.15, 0.2) is 36.4 Å². The van der Waals surface area contributed by atoms with Gasteiger partial charge in [0, 0.05) is 17.2 Å². The zero-order valence-corrected chi connectivity index (χ0v) is 14.3. The number of ether oxygens (including phenoxy) is 2. The van der Waals surface area contributed by atoms with Gasteiger partial charge in [0.1, 0.15) is 17.1 Å². The van der Waals surface area contributed by atoms with E-state index in [1.165, 1.54) is 24.3 Å². The van der Waals surface area contributed by atoms with Crippen LogP contribution < -0.4 is 4.74 Å². The molecule has 0 heterocycles. The zero-order chi connectivity index (χ0) is 17.9. The molecule has 8 heteroatoms. The van der Waals surface area contributed by atoms with Gasteiger partial charge in [-0.05, 0) is 38.1 Å². The smallest absolute Gasteiger partial charge is 0.345 e. The highest BCUT2D eigenvalue weighted by Crippen LogP contribution is 2.33. The summed E-state index contributed by atoms with van der Waals surface area (Å²) >= 11 is 11.8. The van der Waals surface area contributed by atoms with Crippen molar-refractivity contribution < 1.29 is 19.2 Å². The maximum atomic E-state index is 12.1. The molecule has 0 atom stereocenters. The number of hydrogen-bond donors (Lipinski definition) is 0. The van der Waals surface area contributed by atoms with E-state index in [0.29, 0.717) is 10.8 Å². The minimum Gasteiger partial charge on any atom is -0.459 e. The summed E-state index contributed by atoms with van der Waals surface area (Å²) in [5, 5.41) is 11.8. The van der Waals surface area contributed by atoms with E-state index in [1.54, 1.807) is 26.0 Å². The molecule has 0 spiro atoms. The molecule has 2 aromatic rings. The number of nitrogens with zero attached hydrogens (tertiary/aromatic N) is 1. The quantitative estimate of drug-likeness (QED) is 0.408. The van der Waals surface area contributed by atoms with E-state index in [1.807, 2.05) is 0 Å². The van der Waals surface area contributed by atoms with Crippen molar-refractivity contribution in [3.63, 3.8) is 0 Å². The normalized spacial score (nSPS) is 10.5. The van der Waals surface area contributed by atoms with Crippen molar-refractivity contribution >= 4 is 34.9 Å². The van der Waals surface area contributed by atoms with Crippen LogP contribution in [0.4, 0.5) is 5.69 Å². The van der Waals surface area contributed by atoms with E-state index >= 15 is 0 Å². The molecule has 0 amide bonds. The Morgan fingerprint density at radius 2 is 1.88 bits per heavy atom. The Hall–Kier alpha value is -2.31. The van der Waals surface area contributed by atoms with Crippen molar-refractivity contribution in [3.05, 3.63) is 62.1 Å². The van der Waals surface area contributed by atoms with Crippen LogP contribution in [-0.2, 0) is 4.74 Å². The van der Waals surface area contributed by atoms with Crippen LogP contribution in [0.2, 0.25) is 10.0 Å². The van der Waals surface area contributed by atoms with Gasteiger partial charge < -0.3 is 9.47 Å². The molecule has 2 rings (SSSR count). The first-order chi connectivity index (χ1) is 11.3. The highest BCUT2D eigenvalue weighted by molar-refractivity contribution is 6.35. The van der Waals surface area contributed by atoms with Crippen molar-refractivity contribution in [2.75, 3.05) is 0 Å². The first kappa shape index (κ1) is 18.0. The molecule has 0 N–H and O–H groups in total. The fourth-order valence-electron chi connectivity index (χ4n) is 1.86. The van der Waals surface area contributed by atoms with Crippen LogP contribution in [0.5, 0.6) is 11.5 Å². The van der Waals surface area contributed by atoms with Crippen molar-refractivity contribution in [1.29, 1.82) is 0 Å². The lowest BCUT2D eigenvalue weighted by Crippen LogP contribution is -2.13. The Labute approximate surface area is 148 Å². The van der Waals surface area contributed by atoms with E-state index in [2.05, 4.69) is 0 Å². The number of halogens is 2. The average Bonchev–Trinajstić information content (AvgIpc) is 2.49. The molecule has 0 saturated heterocycles. The number of carbonyl (C=O) groups excluding carboxylic acids is 1. The predicted octanol–water partition coefficient (Wildman–Crippen LogP) is 5.26. The van der Waals surface area contributed by atoms with Gasteiger partial charge in [0.2, 0.25) is 0 Å². The summed E-state index contributed by atoms with van der Waals surface area (Å²) in [7, 11) is 0. The highest BCUT2D eigenvalue weighted by Gasteiger charge is 2.23. The Morgan fingerprint density at radius 1 is 1.17 bits per heavy atom. The summed E-state index contributed by atoms with van der Waals surface area (Å²) in [4.78, 5) is 22.5. The number of esters is 1. The maximum Gasteiger partial charge on any atom is 0.345 e. The van der Waals surface area contributed by atoms with E-state index in [9.17, 15) is 14.9 Å². The Morgan fingerprint density at radius 3 is 2.46 bits per heavy atom. The number of hydrogen-bond acceptors (Lipinski definition) is 5. The molecule has 6 nitrogen and oxygen atoms in total. The van der Waals surface area contributed by atoms with Gasteiger partial charge in [-0.3, -0.25) is 10.1 Å². The summed E-state index contributed by atoms with van der Waals surface area (Å²) in [5.41, 5.74) is -0.563. The Bertz CT molecular complexity index is 792. The van der Waals surface area contributed by atoms with E-state index in [-0.39, 0.29) is 22.0 Å². The molecular weight excluding hydrogens is 357 g/mol. The summed E-state index contributed by atoms with van der Waals surface area (Å²) in [6, 6.07) is 8.43. The Balaban J connectivity index is 2.38. The molecule has 0 radical (unpaired) electrons. The van der Waals surface area contributed by atoms with Crippen molar-refractivity contribution in [3.8, 4) is 11.5 Å². The highest BCUT2D eigenvalue weighted by atomic mass is 35.5. The molecule has 2 aromatic carbocycles. The van der Waals surface area contributed by atoms with Gasteiger partial charge in [-0.2, -0.15) is 0 Å².